The summed E-state index contributed by atoms with van der Waals surface area (Å²) in [4.78, 5) is 23.9. The molecule has 14 heteroatoms. The molecule has 1 N–H and O–H groups in total. The zero-order chi connectivity index (χ0) is 25.5. The lowest BCUT2D eigenvalue weighted by Crippen LogP contribution is -2.53. The SMILES string of the molecule is Cc1c(-c2nc(N[C@H]3CCN(S(C)(=O)=O)C[C@@H]3C(F)(F)F)ncc2F)sc2c1C(=O)N(C)C21CC1. The van der Waals surface area contributed by atoms with Crippen LogP contribution < -0.4 is 5.32 Å². The highest BCUT2D eigenvalue weighted by atomic mass is 32.2. The summed E-state index contributed by atoms with van der Waals surface area (Å²) in [7, 11) is -2.03. The second-order valence-corrected chi connectivity index (χ2v) is 12.4. The van der Waals surface area contributed by atoms with Crippen molar-refractivity contribution in [3.8, 4) is 10.6 Å². The van der Waals surface area contributed by atoms with Crippen LogP contribution in [-0.2, 0) is 15.6 Å². The van der Waals surface area contributed by atoms with Gasteiger partial charge in [-0.3, -0.25) is 4.79 Å². The van der Waals surface area contributed by atoms with Gasteiger partial charge in [0.2, 0.25) is 16.0 Å². The van der Waals surface area contributed by atoms with Crippen LogP contribution in [0.3, 0.4) is 0 Å². The van der Waals surface area contributed by atoms with E-state index < -0.39 is 40.5 Å². The van der Waals surface area contributed by atoms with Crippen LogP contribution in [0.5, 0.6) is 0 Å². The normalized spacial score (nSPS) is 24.2. The molecule has 2 aromatic rings. The van der Waals surface area contributed by atoms with Gasteiger partial charge in [0.1, 0.15) is 5.69 Å². The highest BCUT2D eigenvalue weighted by Gasteiger charge is 2.58. The van der Waals surface area contributed by atoms with Crippen molar-refractivity contribution >= 4 is 33.2 Å². The highest BCUT2D eigenvalue weighted by Crippen LogP contribution is 2.60. The molecule has 2 aliphatic heterocycles. The van der Waals surface area contributed by atoms with Crippen LogP contribution in [0, 0.1) is 18.7 Å². The predicted octanol–water partition coefficient (Wildman–Crippen LogP) is 3.35. The molecule has 35 heavy (non-hydrogen) atoms. The first kappa shape index (κ1) is 24.4. The van der Waals surface area contributed by atoms with Crippen LogP contribution in [0.1, 0.15) is 40.1 Å². The highest BCUT2D eigenvalue weighted by molar-refractivity contribution is 7.88. The zero-order valence-electron chi connectivity index (χ0n) is 19.1. The lowest BCUT2D eigenvalue weighted by atomic mass is 9.93. The molecular weight excluding hydrogens is 510 g/mol. The maximum atomic E-state index is 14.8. The molecule has 2 aromatic heterocycles. The van der Waals surface area contributed by atoms with Crippen LogP contribution in [0.15, 0.2) is 6.20 Å². The number of thiophene rings is 1. The smallest absolute Gasteiger partial charge is 0.351 e. The summed E-state index contributed by atoms with van der Waals surface area (Å²) in [6.07, 6.45) is -1.37. The van der Waals surface area contributed by atoms with Crippen molar-refractivity contribution in [2.75, 3.05) is 31.7 Å². The summed E-state index contributed by atoms with van der Waals surface area (Å²) in [6.45, 7) is 0.904. The quantitative estimate of drug-likeness (QED) is 0.606. The molecule has 1 saturated carbocycles. The Balaban J connectivity index is 1.46. The van der Waals surface area contributed by atoms with Gasteiger partial charge >= 0.3 is 6.18 Å². The molecule has 4 heterocycles. The van der Waals surface area contributed by atoms with E-state index in [1.54, 1.807) is 18.9 Å². The van der Waals surface area contributed by atoms with E-state index in [0.29, 0.717) is 16.0 Å². The number of carbonyl (C=O) groups excluding carboxylic acids is 1. The summed E-state index contributed by atoms with van der Waals surface area (Å²) in [6, 6.07) is -1.19. The number of alkyl halides is 3. The molecule has 2 atom stereocenters. The second-order valence-electron chi connectivity index (χ2n) is 9.35. The molecule has 2 fully saturated rings. The Morgan fingerprint density at radius 2 is 1.97 bits per heavy atom. The fourth-order valence-corrected chi connectivity index (χ4v) is 7.45. The number of hydrogen-bond donors (Lipinski definition) is 1. The third kappa shape index (κ3) is 3.89. The molecule has 8 nitrogen and oxygen atoms in total. The van der Waals surface area contributed by atoms with Crippen molar-refractivity contribution in [2.24, 2.45) is 5.92 Å². The van der Waals surface area contributed by atoms with Gasteiger partial charge in [-0.2, -0.15) is 13.2 Å². The summed E-state index contributed by atoms with van der Waals surface area (Å²) >= 11 is 1.28. The van der Waals surface area contributed by atoms with E-state index in [2.05, 4.69) is 15.3 Å². The number of aromatic nitrogens is 2. The molecule has 0 bridgehead atoms. The Labute approximate surface area is 203 Å². The first-order valence-electron chi connectivity index (χ1n) is 11.0. The van der Waals surface area contributed by atoms with Crippen molar-refractivity contribution in [2.45, 2.75) is 43.9 Å². The third-order valence-electron chi connectivity index (χ3n) is 7.19. The lowest BCUT2D eigenvalue weighted by Gasteiger charge is -2.38. The Bertz CT molecular complexity index is 1320. The second kappa shape index (κ2) is 7.84. The molecule has 5 rings (SSSR count). The van der Waals surface area contributed by atoms with E-state index in [9.17, 15) is 30.8 Å². The van der Waals surface area contributed by atoms with E-state index in [1.165, 1.54) is 11.3 Å². The van der Waals surface area contributed by atoms with Crippen LogP contribution >= 0.6 is 11.3 Å². The molecule has 0 radical (unpaired) electrons. The number of piperidine rings is 1. The van der Waals surface area contributed by atoms with Gasteiger partial charge in [0.05, 0.1) is 34.4 Å². The van der Waals surface area contributed by atoms with Gasteiger partial charge in [-0.25, -0.2) is 27.1 Å². The molecule has 3 aliphatic rings. The van der Waals surface area contributed by atoms with Crippen molar-refractivity contribution in [3.63, 3.8) is 0 Å². The molecule has 1 spiro atoms. The number of fused-ring (bicyclic) bond motifs is 2. The van der Waals surface area contributed by atoms with Gasteiger partial charge in [-0.05, 0) is 31.7 Å². The Kier molecular flexibility index (Phi) is 5.46. The van der Waals surface area contributed by atoms with E-state index in [-0.39, 0.29) is 36.1 Å². The Morgan fingerprint density at radius 3 is 2.57 bits per heavy atom. The fourth-order valence-electron chi connectivity index (χ4n) is 5.01. The summed E-state index contributed by atoms with van der Waals surface area (Å²) in [5.41, 5.74) is 0.701. The molecule has 1 amide bonds. The largest absolute Gasteiger partial charge is 0.395 e. The minimum absolute atomic E-state index is 0.0808. The zero-order valence-corrected chi connectivity index (χ0v) is 20.7. The van der Waals surface area contributed by atoms with Crippen molar-refractivity contribution < 1.29 is 30.8 Å². The number of amides is 1. The minimum atomic E-state index is -4.67. The van der Waals surface area contributed by atoms with Gasteiger partial charge in [-0.1, -0.05) is 0 Å². The van der Waals surface area contributed by atoms with Gasteiger partial charge in [0, 0.05) is 31.1 Å². The number of halogens is 4. The molecule has 1 aliphatic carbocycles. The molecule has 0 unspecified atom stereocenters. The van der Waals surface area contributed by atoms with E-state index in [0.717, 1.165) is 34.5 Å². The van der Waals surface area contributed by atoms with E-state index in [4.69, 9.17) is 0 Å². The van der Waals surface area contributed by atoms with Gasteiger partial charge in [-0.15, -0.1) is 11.3 Å². The number of anilines is 1. The number of sulfonamides is 1. The maximum Gasteiger partial charge on any atom is 0.395 e. The topological polar surface area (TPSA) is 95.5 Å². The van der Waals surface area contributed by atoms with Gasteiger partial charge < -0.3 is 10.2 Å². The predicted molar refractivity (Wildman–Crippen MR) is 121 cm³/mol. The van der Waals surface area contributed by atoms with E-state index in [1.807, 2.05) is 0 Å². The lowest BCUT2D eigenvalue weighted by molar-refractivity contribution is -0.185. The molecule has 0 aromatic carbocycles. The monoisotopic (exact) mass is 533 g/mol. The fraction of sp³-hybridized carbons (Fsp3) is 0.571. The molecular formula is C21H23F4N5O3S2. The van der Waals surface area contributed by atoms with Gasteiger partial charge in [0.15, 0.2) is 5.82 Å². The summed E-state index contributed by atoms with van der Waals surface area (Å²) in [5, 5.41) is 2.66. The number of carbonyl (C=O) groups is 1. The van der Waals surface area contributed by atoms with Crippen LogP contribution in [0.2, 0.25) is 0 Å². The van der Waals surface area contributed by atoms with E-state index >= 15 is 0 Å². The van der Waals surface area contributed by atoms with Crippen LogP contribution in [0.25, 0.3) is 10.6 Å². The van der Waals surface area contributed by atoms with Crippen molar-refractivity contribution in [1.82, 2.24) is 19.2 Å². The Hall–Kier alpha value is -2.32. The summed E-state index contributed by atoms with van der Waals surface area (Å²) in [5.74, 6) is -3.05. The van der Waals surface area contributed by atoms with Crippen LogP contribution in [0.4, 0.5) is 23.5 Å². The third-order valence-corrected chi connectivity index (χ3v) is 9.95. The van der Waals surface area contributed by atoms with Crippen LogP contribution in [-0.4, -0.2) is 72.1 Å². The minimum Gasteiger partial charge on any atom is -0.351 e. The van der Waals surface area contributed by atoms with Gasteiger partial charge in [0.25, 0.3) is 5.91 Å². The number of nitrogens with zero attached hydrogens (tertiary/aromatic N) is 4. The Morgan fingerprint density at radius 1 is 1.29 bits per heavy atom. The number of rotatable bonds is 4. The number of nitrogens with one attached hydrogen (secondary N) is 1. The average molecular weight is 534 g/mol. The van der Waals surface area contributed by atoms with Crippen molar-refractivity contribution in [1.29, 1.82) is 0 Å². The summed E-state index contributed by atoms with van der Waals surface area (Å²) < 4.78 is 80.5. The average Bonchev–Trinajstić information content (AvgIpc) is 3.46. The first-order chi connectivity index (χ1) is 16.2. The standard InChI is InChI=1S/C21H23F4N5O3S2/c1-10-14-17(20(5-6-20)29(2)18(14)31)34-16(10)15-12(22)8-26-19(28-15)27-13-4-7-30(35(3,32)33)9-11(13)21(23,24)25/h8,11,13H,4-7,9H2,1-3H3,(H,26,27,28)/t11-,13-/m0/s1. The first-order valence-corrected chi connectivity index (χ1v) is 13.6. The molecule has 190 valence electrons. The maximum absolute atomic E-state index is 14.8. The number of hydrogen-bond acceptors (Lipinski definition) is 7. The molecule has 1 saturated heterocycles. The van der Waals surface area contributed by atoms with Crippen molar-refractivity contribution in [3.05, 3.63) is 28.0 Å².